The molecule has 7 aromatic rings. The van der Waals surface area contributed by atoms with E-state index in [-0.39, 0.29) is 0 Å². The van der Waals surface area contributed by atoms with Crippen molar-refractivity contribution < 1.29 is 0 Å². The molecule has 0 bridgehead atoms. The van der Waals surface area contributed by atoms with E-state index in [1.807, 2.05) is 11.3 Å². The number of anilines is 3. The molecular weight excluding hydrogens is 478 g/mol. The highest BCUT2D eigenvalue weighted by atomic mass is 32.1. The van der Waals surface area contributed by atoms with Gasteiger partial charge in [0.25, 0.3) is 0 Å². The molecule has 2 heteroatoms. The fraction of sp³-hybridized carbons (Fsp3) is 0. The van der Waals surface area contributed by atoms with E-state index in [0.717, 1.165) is 17.1 Å². The van der Waals surface area contributed by atoms with Crippen LogP contribution in [0.25, 0.3) is 42.4 Å². The number of fused-ring (bicyclic) bond motifs is 3. The lowest BCUT2D eigenvalue weighted by Crippen LogP contribution is -2.09. The molecule has 0 aliphatic carbocycles. The van der Waals surface area contributed by atoms with Crippen molar-refractivity contribution in [2.24, 2.45) is 0 Å². The second kappa shape index (κ2) is 9.66. The molecule has 1 aromatic heterocycles. The molecule has 0 unspecified atom stereocenters. The summed E-state index contributed by atoms with van der Waals surface area (Å²) in [7, 11) is 0. The molecule has 1 nitrogen and oxygen atoms in total. The molecule has 0 amide bonds. The predicted octanol–water partition coefficient (Wildman–Crippen LogP) is 10.9. The topological polar surface area (TPSA) is 3.24 Å². The van der Waals surface area contributed by atoms with Crippen LogP contribution in [0.2, 0.25) is 0 Å². The fourth-order valence-electron chi connectivity index (χ4n) is 5.19. The number of benzene rings is 6. The van der Waals surface area contributed by atoms with Crippen molar-refractivity contribution in [2.75, 3.05) is 4.90 Å². The largest absolute Gasteiger partial charge is 0.311 e. The van der Waals surface area contributed by atoms with E-state index in [0.29, 0.717) is 0 Å². The predicted molar refractivity (Wildman–Crippen MR) is 165 cm³/mol. The summed E-state index contributed by atoms with van der Waals surface area (Å²) >= 11 is 1.86. The highest BCUT2D eigenvalue weighted by molar-refractivity contribution is 7.25. The molecule has 1 heterocycles. The SMILES string of the molecule is c1ccc(N(c2ccccc2)c2ccc(-c3cccc(-c4ccc5sc6ccccc6c5c4)c3)cc2)cc1. The van der Waals surface area contributed by atoms with Crippen molar-refractivity contribution in [1.29, 1.82) is 0 Å². The van der Waals surface area contributed by atoms with Gasteiger partial charge >= 0.3 is 0 Å². The minimum absolute atomic E-state index is 1.14. The number of nitrogens with zero attached hydrogens (tertiary/aromatic N) is 1. The van der Waals surface area contributed by atoms with Crippen molar-refractivity contribution in [2.45, 2.75) is 0 Å². The van der Waals surface area contributed by atoms with Gasteiger partial charge in [-0.05, 0) is 82.9 Å². The third kappa shape index (κ3) is 4.15. The first-order valence-corrected chi connectivity index (χ1v) is 13.7. The molecule has 0 spiro atoms. The van der Waals surface area contributed by atoms with Gasteiger partial charge in [-0.15, -0.1) is 11.3 Å². The van der Waals surface area contributed by atoms with Crippen LogP contribution in [0.15, 0.2) is 152 Å². The Morgan fingerprint density at radius 1 is 0.342 bits per heavy atom. The zero-order chi connectivity index (χ0) is 25.3. The van der Waals surface area contributed by atoms with Crippen LogP contribution in [0.3, 0.4) is 0 Å². The van der Waals surface area contributed by atoms with E-state index in [4.69, 9.17) is 0 Å². The van der Waals surface area contributed by atoms with E-state index >= 15 is 0 Å². The van der Waals surface area contributed by atoms with Gasteiger partial charge in [0.05, 0.1) is 0 Å². The molecule has 6 aromatic carbocycles. The van der Waals surface area contributed by atoms with Gasteiger partial charge in [-0.2, -0.15) is 0 Å². The molecule has 0 saturated carbocycles. The van der Waals surface area contributed by atoms with Crippen molar-refractivity contribution in [3.8, 4) is 22.3 Å². The highest BCUT2D eigenvalue weighted by Crippen LogP contribution is 2.38. The normalized spacial score (nSPS) is 11.2. The maximum absolute atomic E-state index is 2.34. The van der Waals surface area contributed by atoms with Crippen LogP contribution in [-0.2, 0) is 0 Å². The van der Waals surface area contributed by atoms with Crippen LogP contribution in [0.4, 0.5) is 17.1 Å². The second-order valence-electron chi connectivity index (χ2n) is 9.44. The summed E-state index contributed by atoms with van der Waals surface area (Å²) in [5.74, 6) is 0. The van der Waals surface area contributed by atoms with Crippen LogP contribution in [0.5, 0.6) is 0 Å². The molecule has 180 valence electrons. The third-order valence-corrected chi connectivity index (χ3v) is 8.21. The van der Waals surface area contributed by atoms with Crippen LogP contribution in [0, 0.1) is 0 Å². The molecule has 0 saturated heterocycles. The van der Waals surface area contributed by atoms with Gasteiger partial charge in [-0.25, -0.2) is 0 Å². The van der Waals surface area contributed by atoms with Gasteiger partial charge < -0.3 is 4.90 Å². The summed E-state index contributed by atoms with van der Waals surface area (Å²) < 4.78 is 2.68. The average molecular weight is 504 g/mol. The number of hydrogen-bond donors (Lipinski definition) is 0. The molecular formula is C36H25NS. The van der Waals surface area contributed by atoms with Crippen molar-refractivity contribution in [1.82, 2.24) is 0 Å². The Hall–Kier alpha value is -4.66. The monoisotopic (exact) mass is 503 g/mol. The standard InChI is InChI=1S/C36H25NS/c1-3-12-30(13-4-1)37(31-14-5-2-6-15-31)32-21-18-26(19-22-32)27-10-9-11-28(24-27)29-20-23-36-34(25-29)33-16-7-8-17-35(33)38-36/h1-25H. The van der Waals surface area contributed by atoms with E-state index in [9.17, 15) is 0 Å². The molecule has 0 N–H and O–H groups in total. The molecule has 7 rings (SSSR count). The Kier molecular flexibility index (Phi) is 5.73. The van der Waals surface area contributed by atoms with Crippen molar-refractivity contribution >= 4 is 48.6 Å². The van der Waals surface area contributed by atoms with E-state index < -0.39 is 0 Å². The van der Waals surface area contributed by atoms with Gasteiger partial charge in [0.2, 0.25) is 0 Å². The summed E-state index contributed by atoms with van der Waals surface area (Å²) in [4.78, 5) is 2.29. The Morgan fingerprint density at radius 2 is 0.868 bits per heavy atom. The summed E-state index contributed by atoms with van der Waals surface area (Å²) in [6.45, 7) is 0. The van der Waals surface area contributed by atoms with Crippen LogP contribution >= 0.6 is 11.3 Å². The van der Waals surface area contributed by atoms with E-state index in [2.05, 4.69) is 157 Å². The molecule has 0 fully saturated rings. The van der Waals surface area contributed by atoms with Crippen molar-refractivity contribution in [3.63, 3.8) is 0 Å². The van der Waals surface area contributed by atoms with Crippen LogP contribution in [0.1, 0.15) is 0 Å². The lowest BCUT2D eigenvalue weighted by atomic mass is 9.98. The third-order valence-electron chi connectivity index (χ3n) is 7.06. The zero-order valence-electron chi connectivity index (χ0n) is 20.8. The van der Waals surface area contributed by atoms with Gasteiger partial charge in [0.1, 0.15) is 0 Å². The number of thiophene rings is 1. The Morgan fingerprint density at radius 3 is 1.58 bits per heavy atom. The first-order valence-electron chi connectivity index (χ1n) is 12.9. The summed E-state index contributed by atoms with van der Waals surface area (Å²) in [6.07, 6.45) is 0. The number of rotatable bonds is 5. The molecule has 38 heavy (non-hydrogen) atoms. The average Bonchev–Trinajstić information content (AvgIpc) is 3.37. The van der Waals surface area contributed by atoms with Crippen molar-refractivity contribution in [3.05, 3.63) is 152 Å². The first-order chi connectivity index (χ1) is 18.8. The minimum atomic E-state index is 1.14. The molecule has 0 aliphatic heterocycles. The smallest absolute Gasteiger partial charge is 0.0462 e. The second-order valence-corrected chi connectivity index (χ2v) is 10.5. The van der Waals surface area contributed by atoms with Crippen LogP contribution < -0.4 is 4.90 Å². The number of hydrogen-bond acceptors (Lipinski definition) is 2. The minimum Gasteiger partial charge on any atom is -0.311 e. The highest BCUT2D eigenvalue weighted by Gasteiger charge is 2.12. The lowest BCUT2D eigenvalue weighted by Gasteiger charge is -2.25. The molecule has 0 radical (unpaired) electrons. The van der Waals surface area contributed by atoms with E-state index in [1.165, 1.54) is 42.4 Å². The Labute approximate surface area is 226 Å². The van der Waals surface area contributed by atoms with Gasteiger partial charge in [0.15, 0.2) is 0 Å². The lowest BCUT2D eigenvalue weighted by molar-refractivity contribution is 1.28. The molecule has 0 aliphatic rings. The first kappa shape index (κ1) is 22.5. The Balaban J connectivity index is 1.24. The summed E-state index contributed by atoms with van der Waals surface area (Å²) in [5.41, 5.74) is 8.33. The summed E-state index contributed by atoms with van der Waals surface area (Å²) in [6, 6.07) is 54.3. The van der Waals surface area contributed by atoms with Gasteiger partial charge in [-0.3, -0.25) is 0 Å². The zero-order valence-corrected chi connectivity index (χ0v) is 21.6. The Bertz CT molecular complexity index is 1810. The van der Waals surface area contributed by atoms with Gasteiger partial charge in [0, 0.05) is 37.2 Å². The van der Waals surface area contributed by atoms with E-state index in [1.54, 1.807) is 0 Å². The molecule has 0 atom stereocenters. The maximum Gasteiger partial charge on any atom is 0.0462 e. The fourth-order valence-corrected chi connectivity index (χ4v) is 6.27. The summed E-state index contributed by atoms with van der Waals surface area (Å²) in [5, 5.41) is 2.67. The number of para-hydroxylation sites is 2. The maximum atomic E-state index is 2.34. The van der Waals surface area contributed by atoms with Crippen LogP contribution in [-0.4, -0.2) is 0 Å². The quantitative estimate of drug-likeness (QED) is 0.226. The van der Waals surface area contributed by atoms with Gasteiger partial charge in [-0.1, -0.05) is 91.0 Å².